The highest BCUT2D eigenvalue weighted by Gasteiger charge is 2.25. The summed E-state index contributed by atoms with van der Waals surface area (Å²) in [4.78, 5) is 20.7. The van der Waals surface area contributed by atoms with Gasteiger partial charge < -0.3 is 4.90 Å². The summed E-state index contributed by atoms with van der Waals surface area (Å²) in [7, 11) is 0. The van der Waals surface area contributed by atoms with Gasteiger partial charge in [-0.05, 0) is 35.9 Å². The van der Waals surface area contributed by atoms with Gasteiger partial charge in [-0.15, -0.1) is 0 Å². The summed E-state index contributed by atoms with van der Waals surface area (Å²) < 4.78 is 25.3. The van der Waals surface area contributed by atoms with Crippen molar-refractivity contribution in [3.05, 3.63) is 59.8 Å². The van der Waals surface area contributed by atoms with Crippen molar-refractivity contribution in [1.82, 2.24) is 14.8 Å². The number of halogens is 2. The lowest BCUT2D eigenvalue weighted by atomic mass is 10.1. The maximum Gasteiger partial charge on any atom is 0.290 e. The largest absolute Gasteiger partial charge is 0.336 e. The molecule has 0 N–H and O–H groups in total. The molecule has 7 heteroatoms. The van der Waals surface area contributed by atoms with Crippen molar-refractivity contribution in [1.29, 1.82) is 0 Å². The third kappa shape index (κ3) is 5.02. The summed E-state index contributed by atoms with van der Waals surface area (Å²) in [6.07, 6.45) is 2.41. The summed E-state index contributed by atoms with van der Waals surface area (Å²) in [5.74, 6) is -2.81. The molecule has 0 unspecified atom stereocenters. The van der Waals surface area contributed by atoms with Crippen LogP contribution in [-0.2, 0) is 6.42 Å². The van der Waals surface area contributed by atoms with Gasteiger partial charge in [0, 0.05) is 38.9 Å². The number of piperazine rings is 1. The van der Waals surface area contributed by atoms with Gasteiger partial charge in [-0.2, -0.15) is 8.78 Å². The van der Waals surface area contributed by atoms with E-state index in [9.17, 15) is 13.6 Å². The normalized spacial score (nSPS) is 15.4. The standard InChI is InChI=1S/C19H21F2N3OS/c20-19(21)26-17-16(7-4-9-22-17)18(25)24-13-11-23(12-14-24)10-8-15-5-2-1-3-6-15/h1-7,9,19H,8,10-14H2. The van der Waals surface area contributed by atoms with E-state index in [2.05, 4.69) is 22.0 Å². The molecule has 0 saturated carbocycles. The SMILES string of the molecule is O=C(c1cccnc1SC(F)F)N1CCN(CCc2ccccc2)CC1. The van der Waals surface area contributed by atoms with Crippen LogP contribution < -0.4 is 0 Å². The molecule has 138 valence electrons. The fraction of sp³-hybridized carbons (Fsp3) is 0.368. The number of amides is 1. The highest BCUT2D eigenvalue weighted by molar-refractivity contribution is 7.99. The van der Waals surface area contributed by atoms with Crippen LogP contribution in [0.3, 0.4) is 0 Å². The number of benzene rings is 1. The number of nitrogens with zero attached hydrogens (tertiary/aromatic N) is 3. The highest BCUT2D eigenvalue weighted by Crippen LogP contribution is 2.27. The van der Waals surface area contributed by atoms with E-state index in [1.54, 1.807) is 17.0 Å². The van der Waals surface area contributed by atoms with Gasteiger partial charge >= 0.3 is 0 Å². The van der Waals surface area contributed by atoms with Crippen LogP contribution in [0.4, 0.5) is 8.78 Å². The lowest BCUT2D eigenvalue weighted by molar-refractivity contribution is 0.0634. The number of carbonyl (C=O) groups excluding carboxylic acids is 1. The number of thioether (sulfide) groups is 1. The molecule has 1 saturated heterocycles. The molecule has 1 fully saturated rings. The molecule has 1 aromatic heterocycles. The Hall–Kier alpha value is -1.99. The average molecular weight is 377 g/mol. The third-order valence-corrected chi connectivity index (χ3v) is 5.15. The zero-order valence-corrected chi connectivity index (χ0v) is 15.2. The number of aromatic nitrogens is 1. The Bertz CT molecular complexity index is 722. The van der Waals surface area contributed by atoms with E-state index in [4.69, 9.17) is 0 Å². The molecule has 2 heterocycles. The molecular weight excluding hydrogens is 356 g/mol. The number of alkyl halides is 2. The van der Waals surface area contributed by atoms with E-state index in [1.165, 1.54) is 11.8 Å². The number of hydrogen-bond acceptors (Lipinski definition) is 4. The first-order valence-corrected chi connectivity index (χ1v) is 9.47. The maximum absolute atomic E-state index is 12.7. The Morgan fingerprint density at radius 2 is 1.81 bits per heavy atom. The van der Waals surface area contributed by atoms with Crippen LogP contribution >= 0.6 is 11.8 Å². The van der Waals surface area contributed by atoms with Crippen LogP contribution in [0.2, 0.25) is 0 Å². The zero-order valence-electron chi connectivity index (χ0n) is 14.4. The summed E-state index contributed by atoms with van der Waals surface area (Å²) >= 11 is 0.321. The number of carbonyl (C=O) groups is 1. The van der Waals surface area contributed by atoms with E-state index in [0.717, 1.165) is 26.1 Å². The van der Waals surface area contributed by atoms with Gasteiger partial charge in [-0.3, -0.25) is 9.69 Å². The molecule has 0 bridgehead atoms. The molecule has 0 aliphatic carbocycles. The van der Waals surface area contributed by atoms with E-state index >= 15 is 0 Å². The molecule has 2 aromatic rings. The van der Waals surface area contributed by atoms with E-state index in [-0.39, 0.29) is 16.5 Å². The van der Waals surface area contributed by atoms with Crippen molar-refractivity contribution < 1.29 is 13.6 Å². The van der Waals surface area contributed by atoms with E-state index in [1.807, 2.05) is 18.2 Å². The van der Waals surface area contributed by atoms with Crippen molar-refractivity contribution in [3.8, 4) is 0 Å². The Balaban J connectivity index is 1.54. The Labute approximate surface area is 156 Å². The predicted octanol–water partition coefficient (Wildman–Crippen LogP) is 3.40. The van der Waals surface area contributed by atoms with Crippen molar-refractivity contribution in [2.75, 3.05) is 32.7 Å². The Kier molecular flexibility index (Phi) is 6.57. The minimum atomic E-state index is -2.59. The monoisotopic (exact) mass is 377 g/mol. The molecular formula is C19H21F2N3OS. The van der Waals surface area contributed by atoms with Crippen LogP contribution in [-0.4, -0.2) is 59.2 Å². The first-order chi connectivity index (χ1) is 12.6. The average Bonchev–Trinajstić information content (AvgIpc) is 2.67. The lowest BCUT2D eigenvalue weighted by Gasteiger charge is -2.35. The molecule has 1 aromatic carbocycles. The molecule has 1 aliphatic rings. The minimum absolute atomic E-state index is 0.0963. The summed E-state index contributed by atoms with van der Waals surface area (Å²) in [5, 5.41) is 0.0963. The van der Waals surface area contributed by atoms with Crippen molar-refractivity contribution in [3.63, 3.8) is 0 Å². The van der Waals surface area contributed by atoms with Gasteiger partial charge in [0.25, 0.3) is 11.7 Å². The molecule has 1 aliphatic heterocycles. The number of rotatable bonds is 6. The molecule has 0 radical (unpaired) electrons. The molecule has 1 amide bonds. The first-order valence-electron chi connectivity index (χ1n) is 8.59. The van der Waals surface area contributed by atoms with Gasteiger partial charge in [0.1, 0.15) is 5.03 Å². The number of hydrogen-bond donors (Lipinski definition) is 0. The highest BCUT2D eigenvalue weighted by atomic mass is 32.2. The van der Waals surface area contributed by atoms with Crippen molar-refractivity contribution >= 4 is 17.7 Å². The second-order valence-corrected chi connectivity index (χ2v) is 7.08. The van der Waals surface area contributed by atoms with Gasteiger partial charge in [0.2, 0.25) is 0 Å². The van der Waals surface area contributed by atoms with Crippen molar-refractivity contribution in [2.24, 2.45) is 0 Å². The predicted molar refractivity (Wildman–Crippen MR) is 98.6 cm³/mol. The summed E-state index contributed by atoms with van der Waals surface area (Å²) in [6, 6.07) is 13.5. The first kappa shape index (κ1) is 18.8. The van der Waals surface area contributed by atoms with Crippen LogP contribution in [0, 0.1) is 0 Å². The fourth-order valence-corrected chi connectivity index (χ4v) is 3.58. The smallest absolute Gasteiger partial charge is 0.290 e. The third-order valence-electron chi connectivity index (χ3n) is 4.42. The quantitative estimate of drug-likeness (QED) is 0.723. The lowest BCUT2D eigenvalue weighted by Crippen LogP contribution is -2.49. The summed E-state index contributed by atoms with van der Waals surface area (Å²) in [5.41, 5.74) is 1.56. The minimum Gasteiger partial charge on any atom is -0.336 e. The molecule has 0 spiro atoms. The van der Waals surface area contributed by atoms with Crippen LogP contribution in [0.1, 0.15) is 15.9 Å². The van der Waals surface area contributed by atoms with E-state index in [0.29, 0.717) is 24.9 Å². The van der Waals surface area contributed by atoms with Crippen LogP contribution in [0.15, 0.2) is 53.7 Å². The topological polar surface area (TPSA) is 36.4 Å². The van der Waals surface area contributed by atoms with Crippen LogP contribution in [0.25, 0.3) is 0 Å². The van der Waals surface area contributed by atoms with Gasteiger partial charge in [0.05, 0.1) is 5.56 Å². The number of pyridine rings is 1. The maximum atomic E-state index is 12.7. The van der Waals surface area contributed by atoms with Gasteiger partial charge in [-0.25, -0.2) is 4.98 Å². The Morgan fingerprint density at radius 1 is 1.08 bits per heavy atom. The zero-order chi connectivity index (χ0) is 18.4. The summed E-state index contributed by atoms with van der Waals surface area (Å²) in [6.45, 7) is 3.72. The Morgan fingerprint density at radius 3 is 2.50 bits per heavy atom. The fourth-order valence-electron chi connectivity index (χ4n) is 3.01. The second kappa shape index (κ2) is 9.09. The molecule has 3 rings (SSSR count). The molecule has 26 heavy (non-hydrogen) atoms. The second-order valence-electron chi connectivity index (χ2n) is 6.10. The van der Waals surface area contributed by atoms with Crippen molar-refractivity contribution in [2.45, 2.75) is 17.2 Å². The van der Waals surface area contributed by atoms with E-state index < -0.39 is 5.76 Å². The molecule has 0 atom stereocenters. The van der Waals surface area contributed by atoms with Gasteiger partial charge in [0.15, 0.2) is 0 Å². The van der Waals surface area contributed by atoms with Gasteiger partial charge in [-0.1, -0.05) is 30.3 Å². The molecule has 4 nitrogen and oxygen atoms in total. The van der Waals surface area contributed by atoms with Crippen LogP contribution in [0.5, 0.6) is 0 Å².